The van der Waals surface area contributed by atoms with Crippen LogP contribution >= 0.6 is 0 Å². The van der Waals surface area contributed by atoms with Crippen molar-refractivity contribution in [3.05, 3.63) is 41.2 Å². The first-order valence-corrected chi connectivity index (χ1v) is 4.92. The average molecular weight is 205 g/mol. The fraction of sp³-hybridized carbons (Fsp3) is 0.250. The summed E-state index contributed by atoms with van der Waals surface area (Å²) in [6.07, 6.45) is 1.31. The van der Waals surface area contributed by atoms with Crippen LogP contribution in [-0.4, -0.2) is 5.91 Å². The Morgan fingerprint density at radius 3 is 2.53 bits per heavy atom. The van der Waals surface area contributed by atoms with E-state index in [2.05, 4.69) is 5.32 Å². The Morgan fingerprint density at radius 2 is 1.87 bits per heavy atom. The topological polar surface area (TPSA) is 29.1 Å². The largest absolute Gasteiger partial charge is 0.326 e. The van der Waals surface area contributed by atoms with Crippen LogP contribution in [0.15, 0.2) is 29.8 Å². The first-order valence-electron chi connectivity index (χ1n) is 4.92. The van der Waals surface area contributed by atoms with Gasteiger partial charge < -0.3 is 5.32 Å². The van der Waals surface area contributed by atoms with Crippen LogP contribution in [0, 0.1) is 5.82 Å². The molecule has 2 nitrogen and oxygen atoms in total. The zero-order valence-electron chi connectivity index (χ0n) is 8.51. The van der Waals surface area contributed by atoms with Gasteiger partial charge in [-0.3, -0.25) is 4.79 Å². The van der Waals surface area contributed by atoms with Gasteiger partial charge in [0.1, 0.15) is 5.82 Å². The smallest absolute Gasteiger partial charge is 0.224 e. The van der Waals surface area contributed by atoms with Gasteiger partial charge in [-0.2, -0.15) is 0 Å². The number of carbonyl (C=O) groups is 1. The number of rotatable bonds is 1. The Hall–Kier alpha value is -1.64. The summed E-state index contributed by atoms with van der Waals surface area (Å²) in [6, 6.07) is 6.16. The van der Waals surface area contributed by atoms with E-state index in [1.807, 2.05) is 6.92 Å². The van der Waals surface area contributed by atoms with E-state index in [1.54, 1.807) is 12.1 Å². The summed E-state index contributed by atoms with van der Waals surface area (Å²) in [5, 5.41) is 2.82. The number of allylic oxidation sites excluding steroid dienone is 1. The molecule has 1 aromatic carbocycles. The lowest BCUT2D eigenvalue weighted by molar-refractivity contribution is -0.120. The highest BCUT2D eigenvalue weighted by Gasteiger charge is 2.15. The van der Waals surface area contributed by atoms with Gasteiger partial charge in [0, 0.05) is 12.1 Å². The van der Waals surface area contributed by atoms with Crippen LogP contribution in [0.1, 0.15) is 25.3 Å². The molecule has 0 saturated carbocycles. The van der Waals surface area contributed by atoms with Gasteiger partial charge in [0.25, 0.3) is 0 Å². The number of amides is 1. The van der Waals surface area contributed by atoms with Crippen molar-refractivity contribution in [2.75, 3.05) is 0 Å². The summed E-state index contributed by atoms with van der Waals surface area (Å²) in [5.74, 6) is -0.237. The zero-order valence-corrected chi connectivity index (χ0v) is 8.51. The van der Waals surface area contributed by atoms with Gasteiger partial charge in [0.15, 0.2) is 0 Å². The fourth-order valence-electron chi connectivity index (χ4n) is 1.67. The van der Waals surface area contributed by atoms with Crippen molar-refractivity contribution in [2.45, 2.75) is 19.8 Å². The predicted octanol–water partition coefficient (Wildman–Crippen LogP) is 2.47. The van der Waals surface area contributed by atoms with Gasteiger partial charge in [-0.1, -0.05) is 0 Å². The van der Waals surface area contributed by atoms with E-state index in [9.17, 15) is 9.18 Å². The maximum atomic E-state index is 12.7. The SMILES string of the molecule is CC1=C(c2ccc(F)cc2)NC(=O)CC1. The molecule has 0 fully saturated rings. The van der Waals surface area contributed by atoms with E-state index < -0.39 is 0 Å². The van der Waals surface area contributed by atoms with Gasteiger partial charge in [-0.25, -0.2) is 4.39 Å². The number of halogens is 1. The van der Waals surface area contributed by atoms with Crippen LogP contribution in [0.5, 0.6) is 0 Å². The van der Waals surface area contributed by atoms with Crippen LogP contribution in [0.3, 0.4) is 0 Å². The molecule has 0 aromatic heterocycles. The molecule has 1 aromatic rings. The predicted molar refractivity (Wildman–Crippen MR) is 56.4 cm³/mol. The van der Waals surface area contributed by atoms with Gasteiger partial charge in [-0.05, 0) is 48.7 Å². The molecule has 0 bridgehead atoms. The first kappa shape index (κ1) is 9.90. The van der Waals surface area contributed by atoms with Crippen LogP contribution in [0.2, 0.25) is 0 Å². The molecule has 2 rings (SSSR count). The molecular formula is C12H12FNO. The molecular weight excluding hydrogens is 193 g/mol. The van der Waals surface area contributed by atoms with Crippen molar-refractivity contribution in [1.29, 1.82) is 0 Å². The lowest BCUT2D eigenvalue weighted by Crippen LogP contribution is -2.26. The summed E-state index contributed by atoms with van der Waals surface area (Å²) in [7, 11) is 0. The molecule has 0 radical (unpaired) electrons. The summed E-state index contributed by atoms with van der Waals surface area (Å²) in [5.41, 5.74) is 2.83. The van der Waals surface area contributed by atoms with Crippen LogP contribution < -0.4 is 5.32 Å². The van der Waals surface area contributed by atoms with E-state index in [0.717, 1.165) is 23.3 Å². The average Bonchev–Trinajstić information content (AvgIpc) is 2.23. The van der Waals surface area contributed by atoms with Crippen molar-refractivity contribution < 1.29 is 9.18 Å². The molecule has 0 aliphatic carbocycles. The van der Waals surface area contributed by atoms with Gasteiger partial charge in [0.05, 0.1) is 0 Å². The monoisotopic (exact) mass is 205 g/mol. The highest BCUT2D eigenvalue weighted by Crippen LogP contribution is 2.23. The minimum absolute atomic E-state index is 0.0277. The molecule has 1 N–H and O–H groups in total. The second kappa shape index (κ2) is 3.85. The highest BCUT2D eigenvalue weighted by atomic mass is 19.1. The molecule has 1 heterocycles. The number of carbonyl (C=O) groups excluding carboxylic acids is 1. The van der Waals surface area contributed by atoms with E-state index >= 15 is 0 Å². The molecule has 1 amide bonds. The Labute approximate surface area is 87.8 Å². The van der Waals surface area contributed by atoms with Crippen molar-refractivity contribution in [3.63, 3.8) is 0 Å². The summed E-state index contributed by atoms with van der Waals surface area (Å²) in [4.78, 5) is 11.2. The second-order valence-corrected chi connectivity index (χ2v) is 3.71. The van der Waals surface area contributed by atoms with Crippen molar-refractivity contribution in [1.82, 2.24) is 5.32 Å². The van der Waals surface area contributed by atoms with E-state index in [0.29, 0.717) is 6.42 Å². The third-order valence-corrected chi connectivity index (χ3v) is 2.55. The Morgan fingerprint density at radius 1 is 1.20 bits per heavy atom. The summed E-state index contributed by atoms with van der Waals surface area (Å²) < 4.78 is 12.7. The van der Waals surface area contributed by atoms with Gasteiger partial charge >= 0.3 is 0 Å². The minimum atomic E-state index is -0.265. The van der Waals surface area contributed by atoms with Crippen LogP contribution in [0.4, 0.5) is 4.39 Å². The summed E-state index contributed by atoms with van der Waals surface area (Å²) >= 11 is 0. The molecule has 1 aliphatic heterocycles. The number of nitrogens with one attached hydrogen (secondary N) is 1. The lowest BCUT2D eigenvalue weighted by Gasteiger charge is -2.18. The number of hydrogen-bond acceptors (Lipinski definition) is 1. The molecule has 15 heavy (non-hydrogen) atoms. The maximum absolute atomic E-state index is 12.7. The first-order chi connectivity index (χ1) is 7.16. The lowest BCUT2D eigenvalue weighted by atomic mass is 10.00. The number of hydrogen-bond donors (Lipinski definition) is 1. The second-order valence-electron chi connectivity index (χ2n) is 3.71. The third-order valence-electron chi connectivity index (χ3n) is 2.55. The Kier molecular flexibility index (Phi) is 2.54. The summed E-state index contributed by atoms with van der Waals surface area (Å²) in [6.45, 7) is 1.98. The van der Waals surface area contributed by atoms with Crippen molar-refractivity contribution in [3.8, 4) is 0 Å². The molecule has 0 spiro atoms. The maximum Gasteiger partial charge on any atom is 0.224 e. The van der Waals surface area contributed by atoms with Crippen LogP contribution in [-0.2, 0) is 4.79 Å². The van der Waals surface area contributed by atoms with Crippen molar-refractivity contribution in [2.24, 2.45) is 0 Å². The normalized spacial score (nSPS) is 16.5. The molecule has 0 saturated heterocycles. The Bertz CT molecular complexity index is 420. The van der Waals surface area contributed by atoms with Crippen molar-refractivity contribution >= 4 is 11.6 Å². The number of benzene rings is 1. The molecule has 78 valence electrons. The minimum Gasteiger partial charge on any atom is -0.326 e. The third kappa shape index (κ3) is 2.06. The standard InChI is InChI=1S/C12H12FNO/c1-8-2-7-11(15)14-12(8)9-3-5-10(13)6-4-9/h3-6H,2,7H2,1H3,(H,14,15). The molecule has 3 heteroatoms. The van der Waals surface area contributed by atoms with Gasteiger partial charge in [0.2, 0.25) is 5.91 Å². The van der Waals surface area contributed by atoms with Crippen LogP contribution in [0.25, 0.3) is 5.70 Å². The van der Waals surface area contributed by atoms with E-state index in [4.69, 9.17) is 0 Å². The molecule has 1 aliphatic rings. The van der Waals surface area contributed by atoms with E-state index in [-0.39, 0.29) is 11.7 Å². The van der Waals surface area contributed by atoms with E-state index in [1.165, 1.54) is 12.1 Å². The fourth-order valence-corrected chi connectivity index (χ4v) is 1.67. The van der Waals surface area contributed by atoms with Gasteiger partial charge in [-0.15, -0.1) is 0 Å². The molecule has 0 unspecified atom stereocenters. The zero-order chi connectivity index (χ0) is 10.8. The molecule has 0 atom stereocenters. The highest BCUT2D eigenvalue weighted by molar-refractivity contribution is 5.90. The quantitative estimate of drug-likeness (QED) is 0.749. The Balaban J connectivity index is 2.37.